The molecule has 0 aliphatic rings. The molecule has 0 saturated heterocycles. The van der Waals surface area contributed by atoms with Crippen molar-refractivity contribution in [2.45, 2.75) is 26.2 Å². The van der Waals surface area contributed by atoms with Gasteiger partial charge in [-0.05, 0) is 24.6 Å². The molecule has 0 aliphatic heterocycles. The molecule has 0 fully saturated rings. The molecule has 1 aromatic carbocycles. The van der Waals surface area contributed by atoms with Crippen LogP contribution in [0.5, 0.6) is 5.75 Å². The van der Waals surface area contributed by atoms with E-state index in [1.807, 2.05) is 30.5 Å². The molecule has 6 heteroatoms. The van der Waals surface area contributed by atoms with Crippen LogP contribution in [0.1, 0.15) is 25.3 Å². The Morgan fingerprint density at radius 3 is 3.00 bits per heavy atom. The van der Waals surface area contributed by atoms with Gasteiger partial charge in [0.2, 0.25) is 5.91 Å². The Labute approximate surface area is 133 Å². The van der Waals surface area contributed by atoms with Crippen molar-refractivity contribution in [3.8, 4) is 23.1 Å². The standard InChI is InChI=1S/C16H17N3O2S/c1-3-4-15(20)19-16-18-13(10-22-16)11-5-6-14(21-2)12(9-11)7-8-17/h5-6,9-10H,3-4,7H2,1-2H3,(H,18,19,20). The van der Waals surface area contributed by atoms with Gasteiger partial charge in [0, 0.05) is 22.9 Å². The molecule has 0 bridgehead atoms. The van der Waals surface area contributed by atoms with E-state index in [2.05, 4.69) is 16.4 Å². The largest absolute Gasteiger partial charge is 0.496 e. The Hall–Kier alpha value is -2.39. The minimum absolute atomic E-state index is 0.0247. The molecule has 1 heterocycles. The van der Waals surface area contributed by atoms with Crippen LogP contribution in [0.25, 0.3) is 11.3 Å². The van der Waals surface area contributed by atoms with E-state index in [1.165, 1.54) is 11.3 Å². The Balaban J connectivity index is 2.22. The molecule has 0 aliphatic carbocycles. The number of hydrogen-bond acceptors (Lipinski definition) is 5. The fourth-order valence-electron chi connectivity index (χ4n) is 2.03. The molecule has 2 rings (SSSR count). The van der Waals surface area contributed by atoms with Crippen molar-refractivity contribution < 1.29 is 9.53 Å². The quantitative estimate of drug-likeness (QED) is 0.883. The van der Waals surface area contributed by atoms with Crippen LogP contribution in [-0.2, 0) is 11.2 Å². The van der Waals surface area contributed by atoms with E-state index in [-0.39, 0.29) is 12.3 Å². The minimum atomic E-state index is -0.0247. The van der Waals surface area contributed by atoms with Crippen LogP contribution in [0.15, 0.2) is 23.6 Å². The van der Waals surface area contributed by atoms with Gasteiger partial charge in [0.1, 0.15) is 5.75 Å². The van der Waals surface area contributed by atoms with Crippen molar-refractivity contribution in [2.75, 3.05) is 12.4 Å². The molecule has 114 valence electrons. The van der Waals surface area contributed by atoms with Crippen LogP contribution in [0.4, 0.5) is 5.13 Å². The highest BCUT2D eigenvalue weighted by Crippen LogP contribution is 2.29. The number of thiazole rings is 1. The van der Waals surface area contributed by atoms with E-state index in [9.17, 15) is 4.79 Å². The minimum Gasteiger partial charge on any atom is -0.496 e. The molecule has 22 heavy (non-hydrogen) atoms. The van der Waals surface area contributed by atoms with Crippen molar-refractivity contribution in [3.63, 3.8) is 0 Å². The normalized spacial score (nSPS) is 10.0. The highest BCUT2D eigenvalue weighted by Gasteiger charge is 2.10. The van der Waals surface area contributed by atoms with Crippen molar-refractivity contribution >= 4 is 22.4 Å². The summed E-state index contributed by atoms with van der Waals surface area (Å²) in [7, 11) is 1.58. The van der Waals surface area contributed by atoms with E-state index in [0.29, 0.717) is 17.3 Å². The number of rotatable bonds is 6. The lowest BCUT2D eigenvalue weighted by Crippen LogP contribution is -2.10. The Morgan fingerprint density at radius 2 is 2.32 bits per heavy atom. The fourth-order valence-corrected chi connectivity index (χ4v) is 2.77. The molecule has 2 aromatic rings. The lowest BCUT2D eigenvalue weighted by molar-refractivity contribution is -0.116. The van der Waals surface area contributed by atoms with Crippen LogP contribution in [0.3, 0.4) is 0 Å². The maximum atomic E-state index is 11.6. The van der Waals surface area contributed by atoms with Gasteiger partial charge in [0.25, 0.3) is 0 Å². The summed E-state index contributed by atoms with van der Waals surface area (Å²) in [5.41, 5.74) is 2.50. The second kappa shape index (κ2) is 7.57. The summed E-state index contributed by atoms with van der Waals surface area (Å²) in [6, 6.07) is 7.75. The van der Waals surface area contributed by atoms with Gasteiger partial charge < -0.3 is 10.1 Å². The van der Waals surface area contributed by atoms with Gasteiger partial charge in [-0.2, -0.15) is 5.26 Å². The average Bonchev–Trinajstić information content (AvgIpc) is 2.96. The lowest BCUT2D eigenvalue weighted by atomic mass is 10.1. The number of aromatic nitrogens is 1. The zero-order chi connectivity index (χ0) is 15.9. The smallest absolute Gasteiger partial charge is 0.226 e. The lowest BCUT2D eigenvalue weighted by Gasteiger charge is -2.07. The molecule has 0 radical (unpaired) electrons. The number of nitriles is 1. The van der Waals surface area contributed by atoms with Gasteiger partial charge >= 0.3 is 0 Å². The summed E-state index contributed by atoms with van der Waals surface area (Å²) in [4.78, 5) is 16.0. The third-order valence-electron chi connectivity index (χ3n) is 3.07. The Bertz CT molecular complexity index is 704. The summed E-state index contributed by atoms with van der Waals surface area (Å²) < 4.78 is 5.25. The molecule has 0 atom stereocenters. The van der Waals surface area contributed by atoms with Gasteiger partial charge in [-0.15, -0.1) is 11.3 Å². The maximum absolute atomic E-state index is 11.6. The molecular formula is C16H17N3O2S. The van der Waals surface area contributed by atoms with Crippen LogP contribution >= 0.6 is 11.3 Å². The van der Waals surface area contributed by atoms with Gasteiger partial charge in [-0.25, -0.2) is 4.98 Å². The number of nitrogens with one attached hydrogen (secondary N) is 1. The molecular weight excluding hydrogens is 298 g/mol. The van der Waals surface area contributed by atoms with Gasteiger partial charge in [0.05, 0.1) is 25.3 Å². The molecule has 1 aromatic heterocycles. The number of methoxy groups -OCH3 is 1. The zero-order valence-electron chi connectivity index (χ0n) is 12.5. The van der Waals surface area contributed by atoms with Crippen LogP contribution < -0.4 is 10.1 Å². The molecule has 5 nitrogen and oxygen atoms in total. The maximum Gasteiger partial charge on any atom is 0.226 e. The third kappa shape index (κ3) is 3.83. The monoisotopic (exact) mass is 315 g/mol. The molecule has 0 unspecified atom stereocenters. The van der Waals surface area contributed by atoms with E-state index in [1.54, 1.807) is 7.11 Å². The number of hydrogen-bond donors (Lipinski definition) is 1. The second-order valence-electron chi connectivity index (χ2n) is 4.70. The van der Waals surface area contributed by atoms with E-state index in [0.717, 1.165) is 23.2 Å². The summed E-state index contributed by atoms with van der Waals surface area (Å²) >= 11 is 1.39. The zero-order valence-corrected chi connectivity index (χ0v) is 13.4. The summed E-state index contributed by atoms with van der Waals surface area (Å²) in [5, 5.41) is 14.2. The van der Waals surface area contributed by atoms with Crippen LogP contribution in [-0.4, -0.2) is 18.0 Å². The number of carbonyl (C=O) groups excluding carboxylic acids is 1. The number of ether oxygens (including phenoxy) is 1. The number of amides is 1. The molecule has 0 saturated carbocycles. The fraction of sp³-hybridized carbons (Fsp3) is 0.312. The highest BCUT2D eigenvalue weighted by atomic mass is 32.1. The molecule has 1 amide bonds. The topological polar surface area (TPSA) is 75.0 Å². The molecule has 0 spiro atoms. The summed E-state index contributed by atoms with van der Waals surface area (Å²) in [6.07, 6.45) is 1.57. The third-order valence-corrected chi connectivity index (χ3v) is 3.83. The van der Waals surface area contributed by atoms with Crippen molar-refractivity contribution in [1.82, 2.24) is 4.98 Å². The number of nitrogens with zero attached hydrogens (tertiary/aromatic N) is 2. The molecule has 1 N–H and O–H groups in total. The van der Waals surface area contributed by atoms with Gasteiger partial charge in [0.15, 0.2) is 5.13 Å². The van der Waals surface area contributed by atoms with Crippen molar-refractivity contribution in [2.24, 2.45) is 0 Å². The second-order valence-corrected chi connectivity index (χ2v) is 5.56. The SMILES string of the molecule is CCCC(=O)Nc1nc(-c2ccc(OC)c(CC#N)c2)cs1. The first kappa shape index (κ1) is 16.0. The average molecular weight is 315 g/mol. The Kier molecular flexibility index (Phi) is 5.50. The number of anilines is 1. The van der Waals surface area contributed by atoms with Crippen molar-refractivity contribution in [3.05, 3.63) is 29.1 Å². The summed E-state index contributed by atoms with van der Waals surface area (Å²) in [6.45, 7) is 1.96. The Morgan fingerprint density at radius 1 is 1.50 bits per heavy atom. The van der Waals surface area contributed by atoms with Crippen molar-refractivity contribution in [1.29, 1.82) is 5.26 Å². The predicted octanol–water partition coefficient (Wildman–Crippen LogP) is 3.62. The summed E-state index contributed by atoms with van der Waals surface area (Å²) in [5.74, 6) is 0.667. The first-order valence-electron chi connectivity index (χ1n) is 6.97. The number of benzene rings is 1. The van der Waals surface area contributed by atoms with Crippen LogP contribution in [0.2, 0.25) is 0 Å². The predicted molar refractivity (Wildman–Crippen MR) is 87.0 cm³/mol. The van der Waals surface area contributed by atoms with E-state index < -0.39 is 0 Å². The number of carbonyl (C=O) groups is 1. The van der Waals surface area contributed by atoms with Gasteiger partial charge in [-0.1, -0.05) is 6.92 Å². The van der Waals surface area contributed by atoms with E-state index >= 15 is 0 Å². The highest BCUT2D eigenvalue weighted by molar-refractivity contribution is 7.14. The van der Waals surface area contributed by atoms with E-state index in [4.69, 9.17) is 10.00 Å². The first-order valence-corrected chi connectivity index (χ1v) is 7.85. The first-order chi connectivity index (χ1) is 10.7. The van der Waals surface area contributed by atoms with Gasteiger partial charge in [-0.3, -0.25) is 4.79 Å². The van der Waals surface area contributed by atoms with Crippen LogP contribution in [0, 0.1) is 11.3 Å².